The van der Waals surface area contributed by atoms with Crippen molar-refractivity contribution < 1.29 is 4.79 Å². The number of aryl methyl sites for hydroxylation is 1. The lowest BCUT2D eigenvalue weighted by Gasteiger charge is -2.12. The molecule has 0 atom stereocenters. The second-order valence-electron chi connectivity index (χ2n) is 9.02. The third-order valence-corrected chi connectivity index (χ3v) is 6.28. The number of hydrogen-bond acceptors (Lipinski definition) is 6. The lowest BCUT2D eigenvalue weighted by molar-refractivity contribution is -0.118. The van der Waals surface area contributed by atoms with Gasteiger partial charge in [-0.3, -0.25) is 4.79 Å². The minimum absolute atomic E-state index is 0.0442. The van der Waals surface area contributed by atoms with Crippen molar-refractivity contribution in [1.82, 2.24) is 29.5 Å². The molecule has 4 heterocycles. The van der Waals surface area contributed by atoms with Gasteiger partial charge in [-0.25, -0.2) is 9.97 Å². The van der Waals surface area contributed by atoms with Gasteiger partial charge in [0.05, 0.1) is 12.6 Å². The molecule has 4 aromatic rings. The fraction of sp³-hybridized carbons (Fsp3) is 0.231. The van der Waals surface area contributed by atoms with E-state index < -0.39 is 0 Å². The van der Waals surface area contributed by atoms with E-state index in [0.717, 1.165) is 58.3 Å². The fourth-order valence-corrected chi connectivity index (χ4v) is 4.27. The molecule has 6 rings (SSSR count). The van der Waals surface area contributed by atoms with Crippen LogP contribution in [0.3, 0.4) is 0 Å². The molecule has 9 nitrogen and oxygen atoms in total. The third kappa shape index (κ3) is 4.28. The van der Waals surface area contributed by atoms with Crippen molar-refractivity contribution in [2.75, 3.05) is 10.6 Å². The van der Waals surface area contributed by atoms with E-state index in [0.29, 0.717) is 24.7 Å². The van der Waals surface area contributed by atoms with Gasteiger partial charge in [0, 0.05) is 48.0 Å². The molecule has 2 aliphatic rings. The van der Waals surface area contributed by atoms with Crippen molar-refractivity contribution >= 4 is 29.3 Å². The van der Waals surface area contributed by atoms with Gasteiger partial charge in [-0.1, -0.05) is 18.7 Å². The fourth-order valence-electron chi connectivity index (χ4n) is 4.27. The number of benzene rings is 1. The molecule has 176 valence electrons. The Hall–Kier alpha value is -4.40. The summed E-state index contributed by atoms with van der Waals surface area (Å²) in [7, 11) is 0. The predicted molar refractivity (Wildman–Crippen MR) is 135 cm³/mol. The molecule has 1 saturated carbocycles. The van der Waals surface area contributed by atoms with E-state index in [4.69, 9.17) is 4.98 Å². The molecule has 0 spiro atoms. The van der Waals surface area contributed by atoms with Crippen molar-refractivity contribution in [1.29, 1.82) is 0 Å². The van der Waals surface area contributed by atoms with Crippen molar-refractivity contribution in [3.63, 3.8) is 0 Å². The largest absolute Gasteiger partial charge is 0.367 e. The molecular formula is C26H26N8O. The average Bonchev–Trinajstić information content (AvgIpc) is 3.25. The van der Waals surface area contributed by atoms with Gasteiger partial charge in [0.2, 0.25) is 5.91 Å². The van der Waals surface area contributed by atoms with Crippen molar-refractivity contribution in [3.05, 3.63) is 83.7 Å². The number of nitrogens with zero attached hydrogens (tertiary/aromatic N) is 5. The molecule has 0 radical (unpaired) electrons. The quantitative estimate of drug-likeness (QED) is 0.383. The summed E-state index contributed by atoms with van der Waals surface area (Å²) >= 11 is 0. The van der Waals surface area contributed by atoms with Gasteiger partial charge < -0.3 is 20.5 Å². The molecule has 1 aliphatic carbocycles. The first kappa shape index (κ1) is 21.2. The number of rotatable bonds is 7. The van der Waals surface area contributed by atoms with Gasteiger partial charge in [0.15, 0.2) is 5.65 Å². The number of aromatic nitrogens is 5. The molecule has 1 aliphatic heterocycles. The SMILES string of the molecule is C=C1NC(=O)C/C1=C\c1cnn2c(NC3CC3)cc(NCc3cccc(-n4ccnc4C)c3)nc12. The Bertz CT molecular complexity index is 1490. The summed E-state index contributed by atoms with van der Waals surface area (Å²) < 4.78 is 3.89. The molecule has 9 heteroatoms. The van der Waals surface area contributed by atoms with Gasteiger partial charge in [0.25, 0.3) is 0 Å². The lowest BCUT2D eigenvalue weighted by Crippen LogP contribution is -2.10. The number of carbonyl (C=O) groups excluding carboxylic acids is 1. The van der Waals surface area contributed by atoms with Crippen LogP contribution in [0.15, 0.2) is 66.8 Å². The van der Waals surface area contributed by atoms with Gasteiger partial charge in [-0.2, -0.15) is 9.61 Å². The molecule has 2 fully saturated rings. The number of fused-ring (bicyclic) bond motifs is 1. The Morgan fingerprint density at radius 2 is 2.17 bits per heavy atom. The van der Waals surface area contributed by atoms with Crippen LogP contribution in [-0.2, 0) is 11.3 Å². The molecular weight excluding hydrogens is 440 g/mol. The van der Waals surface area contributed by atoms with Crippen LogP contribution in [-0.4, -0.2) is 36.1 Å². The van der Waals surface area contributed by atoms with Crippen molar-refractivity contribution in [2.45, 2.75) is 38.8 Å². The van der Waals surface area contributed by atoms with E-state index in [-0.39, 0.29) is 5.91 Å². The molecule has 1 amide bonds. The Morgan fingerprint density at radius 3 is 2.91 bits per heavy atom. The maximum absolute atomic E-state index is 11.8. The van der Waals surface area contributed by atoms with Crippen molar-refractivity contribution in [3.8, 4) is 5.69 Å². The molecule has 3 N–H and O–H groups in total. The maximum Gasteiger partial charge on any atom is 0.228 e. The highest BCUT2D eigenvalue weighted by Gasteiger charge is 2.24. The zero-order chi connectivity index (χ0) is 23.9. The second kappa shape index (κ2) is 8.43. The molecule has 1 aromatic carbocycles. The summed E-state index contributed by atoms with van der Waals surface area (Å²) in [5.41, 5.74) is 5.26. The standard InChI is InChI=1S/C26H26N8O/c1-16-19(12-25(35)30-16)11-20-15-29-34-24(31-21-6-7-21)13-23(32-26(20)34)28-14-18-4-3-5-22(10-18)33-9-8-27-17(33)2/h3-5,8-11,13,15,21,31H,1,6-7,12,14H2,2H3,(H,28,32)(H,30,35)/b19-11+. The van der Waals surface area contributed by atoms with Crippen LogP contribution >= 0.6 is 0 Å². The number of anilines is 2. The molecule has 0 bridgehead atoms. The van der Waals surface area contributed by atoms with Crippen LogP contribution in [0.2, 0.25) is 0 Å². The van der Waals surface area contributed by atoms with E-state index in [1.54, 1.807) is 12.4 Å². The molecule has 3 aromatic heterocycles. The number of allylic oxidation sites excluding steroid dienone is 1. The van der Waals surface area contributed by atoms with Crippen LogP contribution in [0, 0.1) is 6.92 Å². The van der Waals surface area contributed by atoms with E-state index in [1.807, 2.05) is 35.8 Å². The molecule has 0 unspecified atom stereocenters. The van der Waals surface area contributed by atoms with E-state index >= 15 is 0 Å². The second-order valence-corrected chi connectivity index (χ2v) is 9.02. The number of nitrogens with one attached hydrogen (secondary N) is 3. The Morgan fingerprint density at radius 1 is 1.29 bits per heavy atom. The normalized spacial score (nSPS) is 16.8. The summed E-state index contributed by atoms with van der Waals surface area (Å²) in [4.78, 5) is 20.9. The molecule has 35 heavy (non-hydrogen) atoms. The van der Waals surface area contributed by atoms with Crippen LogP contribution < -0.4 is 16.0 Å². The van der Waals surface area contributed by atoms with E-state index in [9.17, 15) is 4.79 Å². The summed E-state index contributed by atoms with van der Waals surface area (Å²) in [5, 5.41) is 14.4. The highest BCUT2D eigenvalue weighted by molar-refractivity contribution is 5.89. The summed E-state index contributed by atoms with van der Waals surface area (Å²) in [6, 6.07) is 10.8. The number of hydrogen-bond donors (Lipinski definition) is 3. The summed E-state index contributed by atoms with van der Waals surface area (Å²) in [6.07, 6.45) is 10.1. The first-order chi connectivity index (χ1) is 17.0. The van der Waals surface area contributed by atoms with Gasteiger partial charge >= 0.3 is 0 Å². The highest BCUT2D eigenvalue weighted by atomic mass is 16.1. The maximum atomic E-state index is 11.8. The Kier molecular flexibility index (Phi) is 5.09. The predicted octanol–water partition coefficient (Wildman–Crippen LogP) is 3.83. The van der Waals surface area contributed by atoms with Crippen LogP contribution in [0.25, 0.3) is 17.4 Å². The minimum atomic E-state index is -0.0442. The van der Waals surface area contributed by atoms with Crippen LogP contribution in [0.5, 0.6) is 0 Å². The monoisotopic (exact) mass is 466 g/mol. The number of amides is 1. The minimum Gasteiger partial charge on any atom is -0.367 e. The average molecular weight is 467 g/mol. The summed E-state index contributed by atoms with van der Waals surface area (Å²) in [5.74, 6) is 2.55. The zero-order valence-electron chi connectivity index (χ0n) is 19.5. The van der Waals surface area contributed by atoms with Crippen LogP contribution in [0.4, 0.5) is 11.6 Å². The lowest BCUT2D eigenvalue weighted by atomic mass is 10.1. The van der Waals surface area contributed by atoms with Crippen molar-refractivity contribution in [2.24, 2.45) is 0 Å². The van der Waals surface area contributed by atoms with E-state index in [2.05, 4.69) is 55.4 Å². The van der Waals surface area contributed by atoms with E-state index in [1.165, 1.54) is 0 Å². The van der Waals surface area contributed by atoms with Gasteiger partial charge in [0.1, 0.15) is 17.5 Å². The first-order valence-corrected chi connectivity index (χ1v) is 11.7. The molecule has 1 saturated heterocycles. The Labute approximate surface area is 202 Å². The smallest absolute Gasteiger partial charge is 0.228 e. The summed E-state index contributed by atoms with van der Waals surface area (Å²) in [6.45, 7) is 6.55. The topological polar surface area (TPSA) is 101 Å². The third-order valence-electron chi connectivity index (χ3n) is 6.28. The zero-order valence-corrected chi connectivity index (χ0v) is 19.5. The number of carbonyl (C=O) groups is 1. The highest BCUT2D eigenvalue weighted by Crippen LogP contribution is 2.29. The van der Waals surface area contributed by atoms with Gasteiger partial charge in [-0.05, 0) is 49.1 Å². The first-order valence-electron chi connectivity index (χ1n) is 11.7. The Balaban J connectivity index is 1.31. The van der Waals surface area contributed by atoms with Crippen LogP contribution in [0.1, 0.15) is 36.2 Å². The number of imidazole rings is 1. The van der Waals surface area contributed by atoms with Gasteiger partial charge in [-0.15, -0.1) is 0 Å².